The van der Waals surface area contributed by atoms with Crippen molar-refractivity contribution in [1.29, 1.82) is 0 Å². The number of nitrogens with zero attached hydrogens (tertiary/aromatic N) is 3. The summed E-state index contributed by atoms with van der Waals surface area (Å²) in [6.45, 7) is 2.19. The average molecular weight is 491 g/mol. The zero-order valence-corrected chi connectivity index (χ0v) is 19.8. The smallest absolute Gasteiger partial charge is 0.258 e. The van der Waals surface area contributed by atoms with Crippen LogP contribution >= 0.6 is 23.8 Å². The molecule has 170 valence electrons. The number of aromatic nitrogens is 2. The van der Waals surface area contributed by atoms with Gasteiger partial charge in [0, 0.05) is 21.8 Å². The van der Waals surface area contributed by atoms with Crippen molar-refractivity contribution in [3.8, 4) is 11.4 Å². The Morgan fingerprint density at radius 2 is 1.74 bits per heavy atom. The van der Waals surface area contributed by atoms with Crippen molar-refractivity contribution in [2.45, 2.75) is 19.5 Å². The maximum Gasteiger partial charge on any atom is 0.258 e. The quantitative estimate of drug-likeness (QED) is 0.327. The zero-order valence-electron chi connectivity index (χ0n) is 18.2. The topological polar surface area (TPSA) is 54.2 Å². The Morgan fingerprint density at radius 1 is 1.03 bits per heavy atom. The van der Waals surface area contributed by atoms with Gasteiger partial charge in [0.25, 0.3) is 5.89 Å². The normalized spacial score (nSPS) is 16.0. The molecule has 2 heterocycles. The van der Waals surface area contributed by atoms with Gasteiger partial charge in [0.1, 0.15) is 5.82 Å². The molecule has 8 heteroatoms. The highest BCUT2D eigenvalue weighted by Crippen LogP contribution is 2.38. The van der Waals surface area contributed by atoms with Gasteiger partial charge in [0.05, 0.1) is 18.2 Å². The highest BCUT2D eigenvalue weighted by atomic mass is 35.5. The maximum absolute atomic E-state index is 14.4. The summed E-state index contributed by atoms with van der Waals surface area (Å²) < 4.78 is 20.2. The molecule has 5 rings (SSSR count). The molecule has 1 aromatic heterocycles. The largest absolute Gasteiger partial charge is 0.351 e. The molecule has 0 bridgehead atoms. The molecule has 0 spiro atoms. The summed E-state index contributed by atoms with van der Waals surface area (Å²) in [4.78, 5) is 6.54. The highest BCUT2D eigenvalue weighted by molar-refractivity contribution is 7.80. The van der Waals surface area contributed by atoms with Gasteiger partial charge in [-0.15, -0.1) is 0 Å². The lowest BCUT2D eigenvalue weighted by atomic mass is 9.94. The second kappa shape index (κ2) is 9.37. The fourth-order valence-corrected chi connectivity index (χ4v) is 4.43. The van der Waals surface area contributed by atoms with Gasteiger partial charge < -0.3 is 14.7 Å². The number of allylic oxidation sites excluding steroid dienone is 1. The first kappa shape index (κ1) is 22.3. The van der Waals surface area contributed by atoms with E-state index in [1.807, 2.05) is 66.4 Å². The molecule has 4 aromatic rings. The summed E-state index contributed by atoms with van der Waals surface area (Å²) in [5.41, 5.74) is 3.88. The summed E-state index contributed by atoms with van der Waals surface area (Å²) >= 11 is 11.8. The minimum Gasteiger partial charge on any atom is -0.351 e. The molecule has 0 saturated heterocycles. The van der Waals surface area contributed by atoms with Crippen LogP contribution in [0.3, 0.4) is 0 Å². The standard InChI is InChI=1S/C26H20ClFN4OS/c1-16-22(25-30-24(31-33-25)18-7-3-2-4-8-18)23(17-11-13-20(27)14-12-17)29-26(34)32(16)15-19-9-5-6-10-21(19)28/h2-14,23H,15H2,1H3,(H,29,34). The predicted octanol–water partition coefficient (Wildman–Crippen LogP) is 6.39. The molecule has 1 aliphatic rings. The van der Waals surface area contributed by atoms with Crippen LogP contribution in [0.5, 0.6) is 0 Å². The van der Waals surface area contributed by atoms with Gasteiger partial charge in [-0.2, -0.15) is 4.98 Å². The van der Waals surface area contributed by atoms with Crippen molar-refractivity contribution < 1.29 is 8.91 Å². The molecule has 3 aromatic carbocycles. The molecular formula is C26H20ClFN4OS. The van der Waals surface area contributed by atoms with Crippen LogP contribution in [0.4, 0.5) is 4.39 Å². The van der Waals surface area contributed by atoms with Gasteiger partial charge in [0.15, 0.2) is 5.11 Å². The van der Waals surface area contributed by atoms with Crippen molar-refractivity contribution in [1.82, 2.24) is 20.4 Å². The van der Waals surface area contributed by atoms with Crippen LogP contribution < -0.4 is 5.32 Å². The fraction of sp³-hybridized carbons (Fsp3) is 0.115. The number of nitrogens with one attached hydrogen (secondary N) is 1. The number of hydrogen-bond acceptors (Lipinski definition) is 4. The molecule has 34 heavy (non-hydrogen) atoms. The van der Waals surface area contributed by atoms with Crippen molar-refractivity contribution in [3.63, 3.8) is 0 Å². The first-order valence-electron chi connectivity index (χ1n) is 10.7. The first-order chi connectivity index (χ1) is 16.5. The lowest BCUT2D eigenvalue weighted by Crippen LogP contribution is -2.45. The molecule has 1 atom stereocenters. The van der Waals surface area contributed by atoms with E-state index in [-0.39, 0.29) is 18.4 Å². The molecule has 0 radical (unpaired) electrons. The second-order valence-electron chi connectivity index (χ2n) is 7.90. The molecule has 0 saturated carbocycles. The van der Waals surface area contributed by atoms with Crippen LogP contribution in [0, 0.1) is 5.82 Å². The zero-order chi connectivity index (χ0) is 23.7. The number of halogens is 2. The van der Waals surface area contributed by atoms with Gasteiger partial charge >= 0.3 is 0 Å². The minimum atomic E-state index is -0.342. The van der Waals surface area contributed by atoms with E-state index in [1.54, 1.807) is 18.2 Å². The van der Waals surface area contributed by atoms with Crippen molar-refractivity contribution in [3.05, 3.63) is 112 Å². The molecule has 5 nitrogen and oxygen atoms in total. The van der Waals surface area contributed by atoms with Crippen molar-refractivity contribution in [2.75, 3.05) is 0 Å². The van der Waals surface area contributed by atoms with Crippen LogP contribution in [-0.4, -0.2) is 20.2 Å². The van der Waals surface area contributed by atoms with Crippen molar-refractivity contribution in [2.24, 2.45) is 0 Å². The Hall–Kier alpha value is -3.55. The lowest BCUT2D eigenvalue weighted by molar-refractivity contribution is 0.395. The van der Waals surface area contributed by atoms with Gasteiger partial charge in [0.2, 0.25) is 5.82 Å². The van der Waals surface area contributed by atoms with E-state index in [2.05, 4.69) is 15.5 Å². The van der Waals surface area contributed by atoms with E-state index in [4.69, 9.17) is 28.3 Å². The Bertz CT molecular complexity index is 1370. The van der Waals surface area contributed by atoms with E-state index < -0.39 is 0 Å². The summed E-state index contributed by atoms with van der Waals surface area (Å²) in [6.07, 6.45) is 0. The van der Waals surface area contributed by atoms with E-state index in [0.717, 1.165) is 22.4 Å². The van der Waals surface area contributed by atoms with E-state index in [1.165, 1.54) is 6.07 Å². The molecule has 0 aliphatic carbocycles. The van der Waals surface area contributed by atoms with Crippen LogP contribution in [0.15, 0.2) is 89.1 Å². The molecule has 0 amide bonds. The molecular weight excluding hydrogens is 471 g/mol. The molecule has 1 unspecified atom stereocenters. The predicted molar refractivity (Wildman–Crippen MR) is 134 cm³/mol. The lowest BCUT2D eigenvalue weighted by Gasteiger charge is -2.37. The Morgan fingerprint density at radius 3 is 2.47 bits per heavy atom. The van der Waals surface area contributed by atoms with Gasteiger partial charge in [-0.1, -0.05) is 77.4 Å². The van der Waals surface area contributed by atoms with E-state index in [9.17, 15) is 4.39 Å². The molecule has 0 fully saturated rings. The summed E-state index contributed by atoms with van der Waals surface area (Å²) in [7, 11) is 0. The fourth-order valence-electron chi connectivity index (χ4n) is 3.99. The number of rotatable bonds is 5. The van der Waals surface area contributed by atoms with Gasteiger partial charge in [-0.25, -0.2) is 4.39 Å². The van der Waals surface area contributed by atoms with Crippen LogP contribution in [0.1, 0.15) is 30.0 Å². The monoisotopic (exact) mass is 490 g/mol. The van der Waals surface area contributed by atoms with Crippen LogP contribution in [0.2, 0.25) is 5.02 Å². The maximum atomic E-state index is 14.4. The third-order valence-electron chi connectivity index (χ3n) is 5.77. The SMILES string of the molecule is CC1=C(c2nc(-c3ccccc3)no2)C(c2ccc(Cl)cc2)NC(=S)N1Cc1ccccc1F. The summed E-state index contributed by atoms with van der Waals surface area (Å²) in [5.74, 6) is 0.563. The Labute approximate surface area is 206 Å². The van der Waals surface area contributed by atoms with E-state index in [0.29, 0.717) is 27.4 Å². The second-order valence-corrected chi connectivity index (χ2v) is 8.72. The molecule has 1 aliphatic heterocycles. The number of hydrogen-bond donors (Lipinski definition) is 1. The van der Waals surface area contributed by atoms with Gasteiger partial charge in [-0.05, 0) is 42.9 Å². The minimum absolute atomic E-state index is 0.265. The molecule has 1 N–H and O–H groups in total. The third-order valence-corrected chi connectivity index (χ3v) is 6.36. The third kappa shape index (κ3) is 4.32. The number of benzene rings is 3. The van der Waals surface area contributed by atoms with Gasteiger partial charge in [-0.3, -0.25) is 0 Å². The summed E-state index contributed by atoms with van der Waals surface area (Å²) in [6, 6.07) is 23.4. The first-order valence-corrected chi connectivity index (χ1v) is 11.5. The Balaban J connectivity index is 1.61. The van der Waals surface area contributed by atoms with E-state index >= 15 is 0 Å². The highest BCUT2D eigenvalue weighted by Gasteiger charge is 2.34. The summed E-state index contributed by atoms with van der Waals surface area (Å²) in [5, 5.41) is 8.69. The van der Waals surface area contributed by atoms with Crippen LogP contribution in [-0.2, 0) is 6.54 Å². The number of thiocarbonyl (C=S) groups is 1. The van der Waals surface area contributed by atoms with Crippen molar-refractivity contribution >= 4 is 34.5 Å². The van der Waals surface area contributed by atoms with Crippen LogP contribution in [0.25, 0.3) is 17.0 Å². The average Bonchev–Trinajstić information content (AvgIpc) is 3.33. The Kier molecular flexibility index (Phi) is 6.13.